The van der Waals surface area contributed by atoms with Crippen molar-refractivity contribution in [1.29, 1.82) is 0 Å². The van der Waals surface area contributed by atoms with Crippen LogP contribution in [0, 0.1) is 0 Å². The molecule has 11 aromatic rings. The molecule has 0 atom stereocenters. The molecule has 0 saturated carbocycles. The van der Waals surface area contributed by atoms with E-state index >= 15 is 0 Å². The predicted octanol–water partition coefficient (Wildman–Crippen LogP) is 14.9. The van der Waals surface area contributed by atoms with Gasteiger partial charge in [-0.2, -0.15) is 0 Å². The highest BCUT2D eigenvalue weighted by atomic mass is 16.3. The Balaban J connectivity index is 1.22. The van der Waals surface area contributed by atoms with Crippen molar-refractivity contribution >= 4 is 65.0 Å². The fraction of sp³-hybridized carbons (Fsp3) is 0. The summed E-state index contributed by atoms with van der Waals surface area (Å²) in [5.41, 5.74) is 4.92. The van der Waals surface area contributed by atoms with Gasteiger partial charge in [-0.05, 0) is 112 Å². The normalized spacial score (nSPS) is 15.2. The molecule has 0 radical (unpaired) electrons. The van der Waals surface area contributed by atoms with Crippen LogP contribution in [0.3, 0.4) is 0 Å². The molecule has 1 heteroatoms. The zero-order chi connectivity index (χ0) is 46.2. The van der Waals surface area contributed by atoms with E-state index in [1.165, 1.54) is 0 Å². The van der Waals surface area contributed by atoms with Crippen molar-refractivity contribution < 1.29 is 22.2 Å². The SMILES string of the molecule is [2H]c1c([2H])c([2H])c(-c2c3c([2H])c([2H])c([2H])c([2H])c3c(-c3ccc(-c4ccc5oc6ccc(-c7cccc8ccccc78)cc6c5c4)c4ccccc34)c3c([2H])c([2H])c([2H])c([2H])c23)c([2H])c1[2H]. The van der Waals surface area contributed by atoms with Gasteiger partial charge in [-0.3, -0.25) is 0 Å². The Labute approximate surface area is 325 Å². The van der Waals surface area contributed by atoms with Crippen molar-refractivity contribution in [2.24, 2.45) is 0 Å². The van der Waals surface area contributed by atoms with E-state index in [0.29, 0.717) is 16.5 Å². The summed E-state index contributed by atoms with van der Waals surface area (Å²) in [6.07, 6.45) is 0. The van der Waals surface area contributed by atoms with Gasteiger partial charge >= 0.3 is 0 Å². The lowest BCUT2D eigenvalue weighted by Gasteiger charge is -2.19. The highest BCUT2D eigenvalue weighted by molar-refractivity contribution is 6.24. The fourth-order valence-corrected chi connectivity index (χ4v) is 7.88. The van der Waals surface area contributed by atoms with Crippen LogP contribution < -0.4 is 0 Å². The van der Waals surface area contributed by atoms with Gasteiger partial charge < -0.3 is 4.42 Å². The lowest BCUT2D eigenvalue weighted by atomic mass is 9.84. The average molecular weight is 686 g/mol. The molecular weight excluding hydrogens is 641 g/mol. The van der Waals surface area contributed by atoms with Crippen molar-refractivity contribution in [3.05, 3.63) is 194 Å². The molecule has 246 valence electrons. The van der Waals surface area contributed by atoms with Crippen LogP contribution in [0.25, 0.3) is 110 Å². The monoisotopic (exact) mass is 685 g/mol. The molecule has 0 aliphatic rings. The van der Waals surface area contributed by atoms with E-state index in [1.807, 2.05) is 66.7 Å². The van der Waals surface area contributed by atoms with Crippen LogP contribution in [-0.4, -0.2) is 0 Å². The van der Waals surface area contributed by atoms with Gasteiger partial charge in [-0.15, -0.1) is 0 Å². The van der Waals surface area contributed by atoms with Crippen molar-refractivity contribution in [3.8, 4) is 44.5 Å². The Morgan fingerprint density at radius 3 is 1.45 bits per heavy atom. The Morgan fingerprint density at radius 2 is 0.811 bits per heavy atom. The van der Waals surface area contributed by atoms with Crippen molar-refractivity contribution in [1.82, 2.24) is 0 Å². The first kappa shape index (κ1) is 19.6. The Bertz CT molecular complexity index is 3870. The van der Waals surface area contributed by atoms with Crippen LogP contribution in [0.4, 0.5) is 0 Å². The molecule has 0 amide bonds. The maximum Gasteiger partial charge on any atom is 0.135 e. The van der Waals surface area contributed by atoms with Crippen LogP contribution in [0.2, 0.25) is 0 Å². The Hall–Kier alpha value is -6.96. The molecule has 0 N–H and O–H groups in total. The molecule has 1 nitrogen and oxygen atoms in total. The first-order valence-electron chi connectivity index (χ1n) is 23.7. The number of hydrogen-bond acceptors (Lipinski definition) is 1. The van der Waals surface area contributed by atoms with Crippen LogP contribution in [0.1, 0.15) is 17.8 Å². The van der Waals surface area contributed by atoms with E-state index in [0.717, 1.165) is 54.8 Å². The quantitative estimate of drug-likeness (QED) is 0.168. The minimum atomic E-state index is -0.716. The molecule has 1 aromatic heterocycles. The summed E-state index contributed by atoms with van der Waals surface area (Å²) < 4.78 is 123. The van der Waals surface area contributed by atoms with Crippen LogP contribution in [0.15, 0.2) is 198 Å². The van der Waals surface area contributed by atoms with Gasteiger partial charge in [-0.25, -0.2) is 0 Å². The van der Waals surface area contributed by atoms with Crippen LogP contribution >= 0.6 is 0 Å². The fourth-order valence-electron chi connectivity index (χ4n) is 7.88. The number of furan rings is 1. The molecule has 53 heavy (non-hydrogen) atoms. The number of benzene rings is 10. The second-order valence-corrected chi connectivity index (χ2v) is 13.0. The molecular formula is C52H32O. The Morgan fingerprint density at radius 1 is 0.321 bits per heavy atom. The second kappa shape index (κ2) is 11.8. The van der Waals surface area contributed by atoms with Gasteiger partial charge in [0.25, 0.3) is 0 Å². The molecule has 0 fully saturated rings. The maximum absolute atomic E-state index is 9.43. The van der Waals surface area contributed by atoms with Crippen molar-refractivity contribution in [2.45, 2.75) is 0 Å². The predicted molar refractivity (Wildman–Crippen MR) is 225 cm³/mol. The summed E-state index contributed by atoms with van der Waals surface area (Å²) in [6, 6.07) is 29.4. The molecule has 0 saturated heterocycles. The van der Waals surface area contributed by atoms with E-state index < -0.39 is 84.1 Å². The highest BCUT2D eigenvalue weighted by Gasteiger charge is 2.19. The summed E-state index contributed by atoms with van der Waals surface area (Å²) in [6.45, 7) is 0. The third-order valence-corrected chi connectivity index (χ3v) is 10.2. The standard InChI is InChI=1S/C52H32O/c1-2-14-34(15-3-1)51-42-20-8-10-22-44(42)52(45-23-11-9-21-43(45)51)46-28-27-39(40-18-6-7-19-41(40)46)36-26-30-50-48(32-36)47-31-35(25-29-49(47)53-50)38-24-12-16-33-13-4-5-17-37(33)38/h1-32H/i1D,2D,3D,8D,9D,10D,11D,14D,15D,20D,21D,22D,23D. The van der Waals surface area contributed by atoms with E-state index in [1.54, 1.807) is 6.07 Å². The molecule has 0 spiro atoms. The van der Waals surface area contributed by atoms with Gasteiger partial charge in [0.2, 0.25) is 0 Å². The number of fused-ring (bicyclic) bond motifs is 7. The summed E-state index contributed by atoms with van der Waals surface area (Å²) in [5, 5.41) is 4.66. The summed E-state index contributed by atoms with van der Waals surface area (Å²) >= 11 is 0. The number of hydrogen-bond donors (Lipinski definition) is 0. The largest absolute Gasteiger partial charge is 0.456 e. The number of rotatable bonds is 4. The van der Waals surface area contributed by atoms with Gasteiger partial charge in [0, 0.05) is 10.8 Å². The molecule has 10 aromatic carbocycles. The third kappa shape index (κ3) is 4.64. The summed E-state index contributed by atoms with van der Waals surface area (Å²) in [5.74, 6) is 0. The molecule has 0 aliphatic carbocycles. The van der Waals surface area contributed by atoms with Crippen molar-refractivity contribution in [3.63, 3.8) is 0 Å². The third-order valence-electron chi connectivity index (χ3n) is 10.2. The molecule has 0 aliphatic heterocycles. The van der Waals surface area contributed by atoms with Gasteiger partial charge in [0.15, 0.2) is 0 Å². The maximum atomic E-state index is 9.43. The molecule has 0 bridgehead atoms. The minimum absolute atomic E-state index is 0.0788. The molecule has 1 heterocycles. The first-order chi connectivity index (χ1) is 31.7. The molecule has 11 rings (SSSR count). The zero-order valence-corrected chi connectivity index (χ0v) is 27.9. The van der Waals surface area contributed by atoms with Gasteiger partial charge in [0.1, 0.15) is 11.2 Å². The highest BCUT2D eigenvalue weighted by Crippen LogP contribution is 2.47. The summed E-state index contributed by atoms with van der Waals surface area (Å²) in [4.78, 5) is 0. The van der Waals surface area contributed by atoms with E-state index in [9.17, 15) is 5.48 Å². The first-order valence-corrected chi connectivity index (χ1v) is 17.2. The summed E-state index contributed by atoms with van der Waals surface area (Å²) in [7, 11) is 0. The lowest BCUT2D eigenvalue weighted by Crippen LogP contribution is -1.92. The smallest absolute Gasteiger partial charge is 0.135 e. The van der Waals surface area contributed by atoms with Crippen LogP contribution in [0.5, 0.6) is 0 Å². The zero-order valence-electron chi connectivity index (χ0n) is 40.9. The van der Waals surface area contributed by atoms with E-state index in [-0.39, 0.29) is 32.7 Å². The minimum Gasteiger partial charge on any atom is -0.456 e. The second-order valence-electron chi connectivity index (χ2n) is 13.0. The van der Waals surface area contributed by atoms with Crippen molar-refractivity contribution in [2.75, 3.05) is 0 Å². The van der Waals surface area contributed by atoms with E-state index in [4.69, 9.17) is 16.8 Å². The molecule has 0 unspecified atom stereocenters. The van der Waals surface area contributed by atoms with Gasteiger partial charge in [-0.1, -0.05) is 170 Å². The van der Waals surface area contributed by atoms with E-state index in [2.05, 4.69) is 42.5 Å². The topological polar surface area (TPSA) is 13.1 Å². The van der Waals surface area contributed by atoms with Gasteiger partial charge in [0.05, 0.1) is 17.8 Å². The van der Waals surface area contributed by atoms with Crippen LogP contribution in [-0.2, 0) is 0 Å². The lowest BCUT2D eigenvalue weighted by molar-refractivity contribution is 0.669. The average Bonchev–Trinajstić information content (AvgIpc) is 3.71. The Kier molecular flexibility index (Phi) is 4.36.